The fourth-order valence-electron chi connectivity index (χ4n) is 2.22. The van der Waals surface area contributed by atoms with Gasteiger partial charge in [0.25, 0.3) is 0 Å². The Morgan fingerprint density at radius 2 is 1.62 bits per heavy atom. The zero-order valence-electron chi connectivity index (χ0n) is 13.1. The van der Waals surface area contributed by atoms with Gasteiger partial charge >= 0.3 is 0 Å². The Morgan fingerprint density at radius 1 is 0.885 bits per heavy atom. The fourth-order valence-corrected chi connectivity index (χ4v) is 3.20. The number of carbonyl (C=O) groups excluding carboxylic acids is 1. The van der Waals surface area contributed by atoms with Crippen molar-refractivity contribution in [1.29, 1.82) is 0 Å². The fraction of sp³-hybridized carbons (Fsp3) is 0. The highest BCUT2D eigenvalue weighted by atomic mass is 35.5. The van der Waals surface area contributed by atoms with Crippen LogP contribution in [0.15, 0.2) is 59.0 Å². The van der Waals surface area contributed by atoms with E-state index in [9.17, 15) is 4.79 Å². The number of anilines is 1. The lowest BCUT2D eigenvalue weighted by Crippen LogP contribution is -2.07. The highest BCUT2D eigenvalue weighted by molar-refractivity contribution is 6.37. The van der Waals surface area contributed by atoms with E-state index < -0.39 is 0 Å². The molecule has 0 saturated carbocycles. The third kappa shape index (κ3) is 4.83. The normalized spacial score (nSPS) is 11.1. The average molecular weight is 427 g/mol. The van der Waals surface area contributed by atoms with E-state index in [0.717, 1.165) is 5.56 Å². The van der Waals surface area contributed by atoms with E-state index >= 15 is 0 Å². The molecule has 26 heavy (non-hydrogen) atoms. The molecule has 1 amide bonds. The summed E-state index contributed by atoms with van der Waals surface area (Å²) in [6.07, 6.45) is 2.90. The number of rotatable bonds is 4. The largest absolute Gasteiger partial charge is 0.457 e. The molecule has 0 aliphatic rings. The molecule has 0 unspecified atom stereocenters. The summed E-state index contributed by atoms with van der Waals surface area (Å²) in [5.41, 5.74) is 1.22. The molecule has 0 fully saturated rings. The molecule has 0 saturated heterocycles. The number of halogens is 4. The summed E-state index contributed by atoms with van der Waals surface area (Å²) in [5.74, 6) is 0.752. The van der Waals surface area contributed by atoms with Gasteiger partial charge in [-0.25, -0.2) is 0 Å². The summed E-state index contributed by atoms with van der Waals surface area (Å²) in [4.78, 5) is 12.0. The van der Waals surface area contributed by atoms with Crippen molar-refractivity contribution in [3.8, 4) is 11.3 Å². The molecule has 0 atom stereocenters. The van der Waals surface area contributed by atoms with Crippen molar-refractivity contribution in [2.24, 2.45) is 0 Å². The van der Waals surface area contributed by atoms with Gasteiger partial charge in [-0.1, -0.05) is 46.4 Å². The predicted octanol–water partition coefficient (Wildman–Crippen LogP) is 7.21. The number of hydrogen-bond acceptors (Lipinski definition) is 2. The SMILES string of the molecule is O=C(/C=C/c1ccc(-c2cc(Cl)cc(Cl)c2)o1)Nc1ccc(Cl)cc1Cl. The quantitative estimate of drug-likeness (QED) is 0.447. The number of benzene rings is 2. The van der Waals surface area contributed by atoms with Gasteiger partial charge in [0.1, 0.15) is 11.5 Å². The van der Waals surface area contributed by atoms with Gasteiger partial charge < -0.3 is 9.73 Å². The first kappa shape index (κ1) is 18.9. The summed E-state index contributed by atoms with van der Waals surface area (Å²) in [7, 11) is 0. The molecular weight excluding hydrogens is 416 g/mol. The van der Waals surface area contributed by atoms with Crippen LogP contribution in [0.25, 0.3) is 17.4 Å². The lowest BCUT2D eigenvalue weighted by molar-refractivity contribution is -0.111. The second kappa shape index (κ2) is 8.19. The van der Waals surface area contributed by atoms with Crippen molar-refractivity contribution in [3.63, 3.8) is 0 Å². The highest BCUT2D eigenvalue weighted by Gasteiger charge is 2.07. The molecule has 132 valence electrons. The number of hydrogen-bond donors (Lipinski definition) is 1. The topological polar surface area (TPSA) is 42.2 Å². The maximum Gasteiger partial charge on any atom is 0.248 e. The van der Waals surface area contributed by atoms with Crippen molar-refractivity contribution in [1.82, 2.24) is 0 Å². The van der Waals surface area contributed by atoms with Crippen molar-refractivity contribution in [2.75, 3.05) is 5.32 Å². The molecule has 0 bridgehead atoms. The molecular formula is C19H11Cl4NO2. The number of furan rings is 1. The smallest absolute Gasteiger partial charge is 0.248 e. The first-order valence-corrected chi connectivity index (χ1v) is 8.92. The number of amides is 1. The van der Waals surface area contributed by atoms with Gasteiger partial charge in [-0.15, -0.1) is 0 Å². The van der Waals surface area contributed by atoms with Gasteiger partial charge in [0.15, 0.2) is 0 Å². The van der Waals surface area contributed by atoms with Crippen LogP contribution >= 0.6 is 46.4 Å². The molecule has 2 aromatic carbocycles. The second-order valence-electron chi connectivity index (χ2n) is 5.31. The van der Waals surface area contributed by atoms with Gasteiger partial charge in [-0.3, -0.25) is 4.79 Å². The molecule has 0 aliphatic heterocycles. The molecule has 7 heteroatoms. The molecule has 1 aromatic heterocycles. The van der Waals surface area contributed by atoms with E-state index in [-0.39, 0.29) is 5.91 Å². The van der Waals surface area contributed by atoms with E-state index in [0.29, 0.717) is 37.3 Å². The van der Waals surface area contributed by atoms with E-state index in [4.69, 9.17) is 50.8 Å². The molecule has 3 aromatic rings. The zero-order valence-corrected chi connectivity index (χ0v) is 16.1. The summed E-state index contributed by atoms with van der Waals surface area (Å²) in [6.45, 7) is 0. The Balaban J connectivity index is 1.71. The van der Waals surface area contributed by atoms with Crippen LogP contribution in [0, 0.1) is 0 Å². The molecule has 1 heterocycles. The van der Waals surface area contributed by atoms with Crippen LogP contribution in [-0.4, -0.2) is 5.91 Å². The summed E-state index contributed by atoms with van der Waals surface area (Å²) < 4.78 is 5.69. The van der Waals surface area contributed by atoms with Crippen LogP contribution < -0.4 is 5.32 Å². The van der Waals surface area contributed by atoms with Gasteiger partial charge in [-0.05, 0) is 54.6 Å². The standard InChI is InChI=1S/C19H11Cl4NO2/c20-12-1-4-17(16(23)10-12)24-19(25)6-3-15-2-5-18(26-15)11-7-13(21)9-14(22)8-11/h1-10H,(H,24,25)/b6-3+. The summed E-state index contributed by atoms with van der Waals surface area (Å²) in [6, 6.07) is 13.5. The first-order valence-electron chi connectivity index (χ1n) is 7.41. The highest BCUT2D eigenvalue weighted by Crippen LogP contribution is 2.29. The summed E-state index contributed by atoms with van der Waals surface area (Å²) in [5, 5.41) is 4.55. The Labute approximate surface area is 170 Å². The third-order valence-electron chi connectivity index (χ3n) is 3.36. The predicted molar refractivity (Wildman–Crippen MR) is 108 cm³/mol. The molecule has 3 nitrogen and oxygen atoms in total. The van der Waals surface area contributed by atoms with Crippen molar-refractivity contribution >= 4 is 64.1 Å². The molecule has 0 spiro atoms. The van der Waals surface area contributed by atoms with Gasteiger partial charge in [0.2, 0.25) is 5.91 Å². The van der Waals surface area contributed by atoms with Crippen molar-refractivity contribution in [3.05, 3.63) is 80.5 Å². The average Bonchev–Trinajstić information content (AvgIpc) is 3.04. The van der Waals surface area contributed by atoms with E-state index in [1.165, 1.54) is 6.08 Å². The lowest BCUT2D eigenvalue weighted by Gasteiger charge is -2.04. The minimum absolute atomic E-state index is 0.349. The zero-order chi connectivity index (χ0) is 18.7. The first-order chi connectivity index (χ1) is 12.4. The maximum atomic E-state index is 12.0. The lowest BCUT2D eigenvalue weighted by atomic mass is 10.2. The number of carbonyl (C=O) groups is 1. The Hall–Kier alpha value is -1.91. The monoisotopic (exact) mass is 425 g/mol. The summed E-state index contributed by atoms with van der Waals surface area (Å²) >= 11 is 23.8. The molecule has 0 aliphatic carbocycles. The Bertz CT molecular complexity index is 975. The maximum absolute atomic E-state index is 12.0. The van der Waals surface area contributed by atoms with Crippen LogP contribution in [0.2, 0.25) is 20.1 Å². The van der Waals surface area contributed by atoms with Gasteiger partial charge in [-0.2, -0.15) is 0 Å². The third-order valence-corrected chi connectivity index (χ3v) is 4.35. The van der Waals surface area contributed by atoms with E-state index in [1.54, 1.807) is 54.6 Å². The van der Waals surface area contributed by atoms with Gasteiger partial charge in [0, 0.05) is 26.7 Å². The Morgan fingerprint density at radius 3 is 2.31 bits per heavy atom. The van der Waals surface area contributed by atoms with Gasteiger partial charge in [0.05, 0.1) is 10.7 Å². The molecule has 3 rings (SSSR count). The molecule has 1 N–H and O–H groups in total. The second-order valence-corrected chi connectivity index (χ2v) is 7.02. The van der Waals surface area contributed by atoms with Crippen LogP contribution in [0.1, 0.15) is 5.76 Å². The van der Waals surface area contributed by atoms with Crippen LogP contribution in [-0.2, 0) is 4.79 Å². The van der Waals surface area contributed by atoms with E-state index in [1.807, 2.05) is 0 Å². The number of nitrogens with one attached hydrogen (secondary N) is 1. The van der Waals surface area contributed by atoms with Crippen molar-refractivity contribution in [2.45, 2.75) is 0 Å². The van der Waals surface area contributed by atoms with Crippen molar-refractivity contribution < 1.29 is 9.21 Å². The Kier molecular flexibility index (Phi) is 5.94. The van der Waals surface area contributed by atoms with Crippen LogP contribution in [0.4, 0.5) is 5.69 Å². The van der Waals surface area contributed by atoms with Crippen LogP contribution in [0.3, 0.4) is 0 Å². The van der Waals surface area contributed by atoms with E-state index in [2.05, 4.69) is 5.32 Å². The molecule has 0 radical (unpaired) electrons. The minimum atomic E-state index is -0.349. The van der Waals surface area contributed by atoms with Crippen LogP contribution in [0.5, 0.6) is 0 Å². The minimum Gasteiger partial charge on any atom is -0.457 e.